The molecule has 0 fully saturated rings. The second-order valence-corrected chi connectivity index (χ2v) is 5.81. The van der Waals surface area contributed by atoms with E-state index in [-0.39, 0.29) is 17.4 Å². The molecule has 5 nitrogen and oxygen atoms in total. The number of thiophene rings is 1. The van der Waals surface area contributed by atoms with Gasteiger partial charge in [0.15, 0.2) is 0 Å². The molecule has 0 spiro atoms. The van der Waals surface area contributed by atoms with E-state index in [0.29, 0.717) is 12.2 Å². The highest BCUT2D eigenvalue weighted by Crippen LogP contribution is 2.35. The van der Waals surface area contributed by atoms with Crippen LogP contribution in [0.2, 0.25) is 0 Å². The smallest absolute Gasteiger partial charge is 0.315 e. The van der Waals surface area contributed by atoms with Crippen LogP contribution in [-0.4, -0.2) is 11.0 Å². The lowest BCUT2D eigenvalue weighted by atomic mass is 10.1. The van der Waals surface area contributed by atoms with E-state index in [4.69, 9.17) is 5.73 Å². The summed E-state index contributed by atoms with van der Waals surface area (Å²) in [6.07, 6.45) is 0. The highest BCUT2D eigenvalue weighted by atomic mass is 32.1. The summed E-state index contributed by atoms with van der Waals surface area (Å²) in [5, 5.41) is 13.3. The minimum atomic E-state index is -0.408. The summed E-state index contributed by atoms with van der Waals surface area (Å²) in [5.74, 6) is 0. The SMILES string of the molecule is CC(C)N(Cc1cccs1)c1cccc(N)c1[N+](=O)[O-]. The van der Waals surface area contributed by atoms with Gasteiger partial charge in [-0.3, -0.25) is 10.1 Å². The standard InChI is InChI=1S/C14H17N3O2S/c1-10(2)16(9-11-5-4-8-20-11)13-7-3-6-12(15)14(13)17(18)19/h3-8,10H,9,15H2,1-2H3. The first kappa shape index (κ1) is 14.3. The largest absolute Gasteiger partial charge is 0.393 e. The highest BCUT2D eigenvalue weighted by Gasteiger charge is 2.24. The molecule has 0 radical (unpaired) electrons. The average Bonchev–Trinajstić information content (AvgIpc) is 2.87. The van der Waals surface area contributed by atoms with E-state index in [1.807, 2.05) is 36.3 Å². The lowest BCUT2D eigenvalue weighted by Crippen LogP contribution is -2.30. The van der Waals surface area contributed by atoms with Crippen LogP contribution in [0.25, 0.3) is 0 Å². The average molecular weight is 291 g/mol. The Morgan fingerprint density at radius 2 is 2.10 bits per heavy atom. The third kappa shape index (κ3) is 2.91. The molecule has 1 aromatic carbocycles. The van der Waals surface area contributed by atoms with Gasteiger partial charge >= 0.3 is 5.69 Å². The normalized spacial score (nSPS) is 10.8. The topological polar surface area (TPSA) is 72.4 Å². The fraction of sp³-hybridized carbons (Fsp3) is 0.286. The molecule has 0 unspecified atom stereocenters. The van der Waals surface area contributed by atoms with Crippen molar-refractivity contribution < 1.29 is 4.92 Å². The van der Waals surface area contributed by atoms with Crippen LogP contribution in [0.4, 0.5) is 17.1 Å². The van der Waals surface area contributed by atoms with E-state index in [9.17, 15) is 10.1 Å². The zero-order chi connectivity index (χ0) is 14.7. The van der Waals surface area contributed by atoms with Crippen LogP contribution < -0.4 is 10.6 Å². The van der Waals surface area contributed by atoms with Gasteiger partial charge in [0.25, 0.3) is 0 Å². The maximum Gasteiger partial charge on any atom is 0.315 e. The van der Waals surface area contributed by atoms with E-state index in [1.165, 1.54) is 0 Å². The second-order valence-electron chi connectivity index (χ2n) is 4.77. The van der Waals surface area contributed by atoms with E-state index >= 15 is 0 Å². The Hall–Kier alpha value is -2.08. The van der Waals surface area contributed by atoms with E-state index < -0.39 is 4.92 Å². The van der Waals surface area contributed by atoms with Gasteiger partial charge in [0.2, 0.25) is 0 Å². The molecule has 2 N–H and O–H groups in total. The van der Waals surface area contributed by atoms with Crippen LogP contribution in [0.3, 0.4) is 0 Å². The summed E-state index contributed by atoms with van der Waals surface area (Å²) in [4.78, 5) is 14.0. The maximum atomic E-state index is 11.3. The fourth-order valence-electron chi connectivity index (χ4n) is 2.10. The number of hydrogen-bond acceptors (Lipinski definition) is 5. The Balaban J connectivity index is 2.44. The third-order valence-corrected chi connectivity index (χ3v) is 3.93. The van der Waals surface area contributed by atoms with Crippen molar-refractivity contribution in [3.8, 4) is 0 Å². The van der Waals surface area contributed by atoms with Crippen molar-refractivity contribution in [1.29, 1.82) is 0 Å². The Bertz CT molecular complexity index is 596. The van der Waals surface area contributed by atoms with Crippen molar-refractivity contribution in [2.24, 2.45) is 0 Å². The van der Waals surface area contributed by atoms with Gasteiger partial charge in [-0.25, -0.2) is 0 Å². The van der Waals surface area contributed by atoms with E-state index in [2.05, 4.69) is 0 Å². The predicted octanol–water partition coefficient (Wildman–Crippen LogP) is 3.65. The molecule has 0 atom stereocenters. The van der Waals surface area contributed by atoms with Gasteiger partial charge in [-0.1, -0.05) is 12.1 Å². The first-order valence-corrected chi connectivity index (χ1v) is 7.20. The highest BCUT2D eigenvalue weighted by molar-refractivity contribution is 7.09. The third-order valence-electron chi connectivity index (χ3n) is 3.07. The molecule has 1 aromatic heterocycles. The Morgan fingerprint density at radius 1 is 1.35 bits per heavy atom. The van der Waals surface area contributed by atoms with Crippen molar-refractivity contribution in [2.45, 2.75) is 26.4 Å². The number of nitro benzene ring substituents is 1. The van der Waals surface area contributed by atoms with Crippen molar-refractivity contribution in [3.05, 3.63) is 50.7 Å². The maximum absolute atomic E-state index is 11.3. The monoisotopic (exact) mass is 291 g/mol. The Labute approximate surface area is 121 Å². The lowest BCUT2D eigenvalue weighted by Gasteiger charge is -2.28. The molecule has 20 heavy (non-hydrogen) atoms. The number of nitro groups is 1. The van der Waals surface area contributed by atoms with Crippen LogP contribution in [0, 0.1) is 10.1 Å². The number of hydrogen-bond donors (Lipinski definition) is 1. The number of benzene rings is 1. The molecule has 1 heterocycles. The summed E-state index contributed by atoms with van der Waals surface area (Å²) in [6, 6.07) is 9.21. The molecule has 0 bridgehead atoms. The number of anilines is 2. The van der Waals surface area contributed by atoms with Crippen molar-refractivity contribution in [1.82, 2.24) is 0 Å². The summed E-state index contributed by atoms with van der Waals surface area (Å²) >= 11 is 1.64. The van der Waals surface area contributed by atoms with Gasteiger partial charge in [0.05, 0.1) is 11.5 Å². The van der Waals surface area contributed by atoms with Gasteiger partial charge in [-0.15, -0.1) is 11.3 Å². The molecular formula is C14H17N3O2S. The van der Waals surface area contributed by atoms with Gasteiger partial charge in [0, 0.05) is 10.9 Å². The van der Waals surface area contributed by atoms with Crippen LogP contribution in [-0.2, 0) is 6.54 Å². The quantitative estimate of drug-likeness (QED) is 0.518. The van der Waals surface area contributed by atoms with E-state index in [1.54, 1.807) is 29.5 Å². The molecule has 2 aromatic rings. The summed E-state index contributed by atoms with van der Waals surface area (Å²) in [7, 11) is 0. The van der Waals surface area contributed by atoms with Crippen LogP contribution in [0.15, 0.2) is 35.7 Å². The number of nitrogens with zero attached hydrogens (tertiary/aromatic N) is 2. The first-order chi connectivity index (χ1) is 9.50. The minimum absolute atomic E-state index is 0.0160. The van der Waals surface area contributed by atoms with E-state index in [0.717, 1.165) is 4.88 Å². The summed E-state index contributed by atoms with van der Waals surface area (Å²) in [6.45, 7) is 4.67. The van der Waals surface area contributed by atoms with Gasteiger partial charge in [-0.05, 0) is 37.4 Å². The molecule has 2 rings (SSSR count). The van der Waals surface area contributed by atoms with Crippen LogP contribution >= 0.6 is 11.3 Å². The Kier molecular flexibility index (Phi) is 4.24. The molecule has 0 aliphatic rings. The summed E-state index contributed by atoms with van der Waals surface area (Å²) < 4.78 is 0. The molecule has 0 amide bonds. The molecular weight excluding hydrogens is 274 g/mol. The number of nitrogens with two attached hydrogens (primary N) is 1. The van der Waals surface area contributed by atoms with Crippen LogP contribution in [0.1, 0.15) is 18.7 Å². The molecule has 0 aliphatic heterocycles. The number of para-hydroxylation sites is 1. The molecule has 6 heteroatoms. The van der Waals surface area contributed by atoms with Crippen molar-refractivity contribution in [3.63, 3.8) is 0 Å². The number of rotatable bonds is 5. The predicted molar refractivity (Wildman–Crippen MR) is 83.1 cm³/mol. The lowest BCUT2D eigenvalue weighted by molar-refractivity contribution is -0.383. The van der Waals surface area contributed by atoms with Gasteiger partial charge < -0.3 is 10.6 Å². The zero-order valence-electron chi connectivity index (χ0n) is 11.4. The number of nitrogen functional groups attached to an aromatic ring is 1. The second kappa shape index (κ2) is 5.92. The fourth-order valence-corrected chi connectivity index (χ4v) is 2.80. The zero-order valence-corrected chi connectivity index (χ0v) is 12.3. The molecule has 106 valence electrons. The first-order valence-electron chi connectivity index (χ1n) is 6.32. The van der Waals surface area contributed by atoms with Crippen molar-refractivity contribution >= 4 is 28.4 Å². The Morgan fingerprint density at radius 3 is 2.65 bits per heavy atom. The van der Waals surface area contributed by atoms with Gasteiger partial charge in [0.1, 0.15) is 11.4 Å². The van der Waals surface area contributed by atoms with Crippen LogP contribution in [0.5, 0.6) is 0 Å². The van der Waals surface area contributed by atoms with Gasteiger partial charge in [-0.2, -0.15) is 0 Å². The minimum Gasteiger partial charge on any atom is -0.393 e. The molecule has 0 aliphatic carbocycles. The van der Waals surface area contributed by atoms with Crippen molar-refractivity contribution in [2.75, 3.05) is 10.6 Å². The molecule has 0 saturated heterocycles. The molecule has 0 saturated carbocycles. The summed E-state index contributed by atoms with van der Waals surface area (Å²) in [5.41, 5.74) is 6.52.